The Morgan fingerprint density at radius 1 is 0.741 bits per heavy atom. The van der Waals surface area contributed by atoms with Gasteiger partial charge in [0.25, 0.3) is 0 Å². The molecule has 4 nitrogen and oxygen atoms in total. The molecule has 27 heavy (non-hydrogen) atoms. The first-order chi connectivity index (χ1) is 13.3. The molecule has 0 radical (unpaired) electrons. The van der Waals surface area contributed by atoms with E-state index in [2.05, 4.69) is 0 Å². The molecule has 0 aliphatic carbocycles. The molecule has 4 heteroatoms. The third-order valence-electron chi connectivity index (χ3n) is 4.19. The number of ether oxygens (including phenoxy) is 2. The third-order valence-corrected chi connectivity index (χ3v) is 4.19. The van der Waals surface area contributed by atoms with Crippen molar-refractivity contribution >= 4 is 11.0 Å². The number of hydrogen-bond acceptors (Lipinski definition) is 4. The summed E-state index contributed by atoms with van der Waals surface area (Å²) in [5.41, 5.74) is 1.84. The minimum atomic E-state index is -0.0542. The molecule has 1 aromatic heterocycles. The lowest BCUT2D eigenvalue weighted by Crippen LogP contribution is -2.09. The molecule has 1 heterocycles. The normalized spacial score (nSPS) is 10.7. The fourth-order valence-electron chi connectivity index (χ4n) is 2.85. The van der Waals surface area contributed by atoms with E-state index in [1.54, 1.807) is 18.2 Å². The van der Waals surface area contributed by atoms with Gasteiger partial charge in [-0.1, -0.05) is 48.5 Å². The smallest absolute Gasteiger partial charge is 0.200 e. The van der Waals surface area contributed by atoms with Crippen LogP contribution in [0.4, 0.5) is 0 Å². The molecule has 0 spiro atoms. The summed E-state index contributed by atoms with van der Waals surface area (Å²) in [5.74, 6) is 1.44. The summed E-state index contributed by atoms with van der Waals surface area (Å²) in [6.07, 6.45) is 1.50. The van der Waals surface area contributed by atoms with Crippen LogP contribution in [-0.2, 0) is 0 Å². The van der Waals surface area contributed by atoms with Gasteiger partial charge in [0.2, 0.25) is 0 Å². The highest BCUT2D eigenvalue weighted by atomic mass is 16.5. The number of rotatable bonds is 6. The van der Waals surface area contributed by atoms with Gasteiger partial charge in [0, 0.05) is 6.07 Å². The molecule has 0 bridgehead atoms. The molecular weight excluding hydrogens is 340 g/mol. The zero-order chi connectivity index (χ0) is 18.5. The average Bonchev–Trinajstić information content (AvgIpc) is 2.73. The van der Waals surface area contributed by atoms with Gasteiger partial charge in [-0.25, -0.2) is 0 Å². The second kappa shape index (κ2) is 7.79. The molecule has 0 aliphatic heterocycles. The molecule has 4 rings (SSSR count). The molecule has 3 aromatic carbocycles. The van der Waals surface area contributed by atoms with Crippen LogP contribution in [0.2, 0.25) is 0 Å². The topological polar surface area (TPSA) is 48.7 Å². The Labute approximate surface area is 156 Å². The van der Waals surface area contributed by atoms with Gasteiger partial charge in [0.15, 0.2) is 5.43 Å². The quantitative estimate of drug-likeness (QED) is 0.459. The van der Waals surface area contributed by atoms with Crippen molar-refractivity contribution in [2.45, 2.75) is 0 Å². The molecule has 134 valence electrons. The molecule has 0 N–H and O–H groups in total. The number of para-hydroxylation sites is 1. The Morgan fingerprint density at radius 3 is 2.15 bits per heavy atom. The van der Waals surface area contributed by atoms with Crippen molar-refractivity contribution < 1.29 is 13.9 Å². The Balaban J connectivity index is 1.47. The first-order valence-electron chi connectivity index (χ1n) is 8.73. The van der Waals surface area contributed by atoms with Crippen molar-refractivity contribution in [3.63, 3.8) is 0 Å². The minimum absolute atomic E-state index is 0.0542. The van der Waals surface area contributed by atoms with Crippen LogP contribution in [0.15, 0.2) is 94.3 Å². The van der Waals surface area contributed by atoms with Crippen LogP contribution < -0.4 is 14.9 Å². The standard InChI is InChI=1S/C23H18O4/c24-23-20-12-11-19(26-14-13-25-18-9-5-2-6-10-18)15-22(20)27-16-21(23)17-7-3-1-4-8-17/h1-12,15-16H,13-14H2. The van der Waals surface area contributed by atoms with Crippen LogP contribution in [0.5, 0.6) is 11.5 Å². The largest absolute Gasteiger partial charge is 0.490 e. The summed E-state index contributed by atoms with van der Waals surface area (Å²) in [5, 5.41) is 0.532. The summed E-state index contributed by atoms with van der Waals surface area (Å²) in [6.45, 7) is 0.825. The molecule has 0 aliphatic rings. The maximum absolute atomic E-state index is 12.7. The minimum Gasteiger partial charge on any atom is -0.490 e. The summed E-state index contributed by atoms with van der Waals surface area (Å²) in [7, 11) is 0. The molecule has 0 saturated carbocycles. The highest BCUT2D eigenvalue weighted by molar-refractivity contribution is 5.82. The Bertz CT molecular complexity index is 1090. The van der Waals surface area contributed by atoms with E-state index >= 15 is 0 Å². The fraction of sp³-hybridized carbons (Fsp3) is 0.0870. The second-order valence-corrected chi connectivity index (χ2v) is 6.01. The van der Waals surface area contributed by atoms with Gasteiger partial charge in [-0.3, -0.25) is 4.79 Å². The van der Waals surface area contributed by atoms with E-state index in [-0.39, 0.29) is 5.43 Å². The maximum atomic E-state index is 12.7. The molecule has 0 fully saturated rings. The molecular formula is C23H18O4. The van der Waals surface area contributed by atoms with Gasteiger partial charge in [0.05, 0.1) is 10.9 Å². The zero-order valence-electron chi connectivity index (χ0n) is 14.6. The van der Waals surface area contributed by atoms with E-state index in [0.29, 0.717) is 35.5 Å². The number of hydrogen-bond donors (Lipinski definition) is 0. The molecule has 0 saturated heterocycles. The molecule has 0 amide bonds. The highest BCUT2D eigenvalue weighted by Gasteiger charge is 2.09. The molecule has 4 aromatic rings. The Morgan fingerprint density at radius 2 is 1.41 bits per heavy atom. The van der Waals surface area contributed by atoms with Gasteiger partial charge >= 0.3 is 0 Å². The summed E-state index contributed by atoms with van der Waals surface area (Å²) in [6, 6.07) is 24.3. The van der Waals surface area contributed by atoms with Crippen molar-refractivity contribution in [2.75, 3.05) is 13.2 Å². The monoisotopic (exact) mass is 358 g/mol. The van der Waals surface area contributed by atoms with E-state index in [0.717, 1.165) is 11.3 Å². The number of fused-ring (bicyclic) bond motifs is 1. The van der Waals surface area contributed by atoms with Crippen molar-refractivity contribution in [2.24, 2.45) is 0 Å². The average molecular weight is 358 g/mol. The van der Waals surface area contributed by atoms with Gasteiger partial charge in [0.1, 0.15) is 36.6 Å². The van der Waals surface area contributed by atoms with Crippen LogP contribution in [0.25, 0.3) is 22.1 Å². The Kier molecular flexibility index (Phi) is 4.88. The first-order valence-corrected chi connectivity index (χ1v) is 8.73. The van der Waals surface area contributed by atoms with E-state index in [4.69, 9.17) is 13.9 Å². The summed E-state index contributed by atoms with van der Waals surface area (Å²) < 4.78 is 17.0. The number of benzene rings is 3. The van der Waals surface area contributed by atoms with Gasteiger partial charge < -0.3 is 13.9 Å². The van der Waals surface area contributed by atoms with Crippen LogP contribution >= 0.6 is 0 Å². The van der Waals surface area contributed by atoms with Gasteiger partial charge in [-0.05, 0) is 29.8 Å². The first kappa shape index (κ1) is 16.9. The third kappa shape index (κ3) is 3.85. The van der Waals surface area contributed by atoms with Crippen molar-refractivity contribution in [3.05, 3.63) is 95.3 Å². The second-order valence-electron chi connectivity index (χ2n) is 6.01. The van der Waals surface area contributed by atoms with E-state index in [1.165, 1.54) is 6.26 Å². The van der Waals surface area contributed by atoms with Crippen molar-refractivity contribution in [3.8, 4) is 22.6 Å². The van der Waals surface area contributed by atoms with Crippen molar-refractivity contribution in [1.29, 1.82) is 0 Å². The van der Waals surface area contributed by atoms with E-state index in [9.17, 15) is 4.79 Å². The van der Waals surface area contributed by atoms with Gasteiger partial charge in [-0.15, -0.1) is 0 Å². The zero-order valence-corrected chi connectivity index (χ0v) is 14.6. The predicted molar refractivity (Wildman–Crippen MR) is 105 cm³/mol. The van der Waals surface area contributed by atoms with Crippen LogP contribution in [0, 0.1) is 0 Å². The predicted octanol–water partition coefficient (Wildman–Crippen LogP) is 4.92. The fourth-order valence-corrected chi connectivity index (χ4v) is 2.85. The van der Waals surface area contributed by atoms with Crippen LogP contribution in [0.3, 0.4) is 0 Å². The lowest BCUT2D eigenvalue weighted by Gasteiger charge is -2.09. The van der Waals surface area contributed by atoms with E-state index in [1.807, 2.05) is 60.7 Å². The van der Waals surface area contributed by atoms with Crippen LogP contribution in [0.1, 0.15) is 0 Å². The Hall–Kier alpha value is -3.53. The maximum Gasteiger partial charge on any atom is 0.200 e. The lowest BCUT2D eigenvalue weighted by molar-refractivity contribution is 0.217. The van der Waals surface area contributed by atoms with E-state index < -0.39 is 0 Å². The van der Waals surface area contributed by atoms with Gasteiger partial charge in [-0.2, -0.15) is 0 Å². The van der Waals surface area contributed by atoms with Crippen LogP contribution in [-0.4, -0.2) is 13.2 Å². The summed E-state index contributed by atoms with van der Waals surface area (Å²) >= 11 is 0. The summed E-state index contributed by atoms with van der Waals surface area (Å²) in [4.78, 5) is 12.7. The molecule has 0 unspecified atom stereocenters. The van der Waals surface area contributed by atoms with Crippen molar-refractivity contribution in [1.82, 2.24) is 0 Å². The molecule has 0 atom stereocenters. The highest BCUT2D eigenvalue weighted by Crippen LogP contribution is 2.23. The lowest BCUT2D eigenvalue weighted by atomic mass is 10.1. The SMILES string of the molecule is O=c1c(-c2ccccc2)coc2cc(OCCOc3ccccc3)ccc12.